The van der Waals surface area contributed by atoms with Crippen molar-refractivity contribution in [3.05, 3.63) is 17.3 Å². The maximum Gasteiger partial charge on any atom is 0.227 e. The smallest absolute Gasteiger partial charge is 0.227 e. The van der Waals surface area contributed by atoms with Gasteiger partial charge in [-0.3, -0.25) is 14.7 Å². The second kappa shape index (κ2) is 5.76. The first-order valence-corrected chi connectivity index (χ1v) is 8.13. The van der Waals surface area contributed by atoms with Crippen molar-refractivity contribution in [2.75, 3.05) is 5.32 Å². The summed E-state index contributed by atoms with van der Waals surface area (Å²) < 4.78 is 1.88. The van der Waals surface area contributed by atoms with Gasteiger partial charge in [0.05, 0.1) is 6.10 Å². The van der Waals surface area contributed by atoms with Gasteiger partial charge in [0.25, 0.3) is 0 Å². The van der Waals surface area contributed by atoms with E-state index in [-0.39, 0.29) is 23.5 Å². The lowest BCUT2D eigenvalue weighted by Gasteiger charge is -2.33. The van der Waals surface area contributed by atoms with Crippen molar-refractivity contribution in [1.29, 1.82) is 0 Å². The molecule has 0 unspecified atom stereocenters. The van der Waals surface area contributed by atoms with Gasteiger partial charge in [-0.2, -0.15) is 0 Å². The summed E-state index contributed by atoms with van der Waals surface area (Å²) >= 11 is 6.00. The minimum absolute atomic E-state index is 0.0749. The third-order valence-electron chi connectivity index (χ3n) is 3.90. The Morgan fingerprint density at radius 2 is 2.09 bits per heavy atom. The quantitative estimate of drug-likeness (QED) is 0.844. The maximum absolute atomic E-state index is 12.3. The number of aliphatic hydroxyl groups is 1. The maximum atomic E-state index is 12.3. The molecule has 1 amide bonds. The number of aliphatic hydroxyl groups excluding tert-OH is 1. The van der Waals surface area contributed by atoms with E-state index in [1.165, 1.54) is 0 Å². The number of carbonyl (C=O) groups excluding carboxylic acids is 1. The average Bonchev–Trinajstić information content (AvgIpc) is 2.69. The van der Waals surface area contributed by atoms with Crippen LogP contribution in [0.2, 0.25) is 5.15 Å². The summed E-state index contributed by atoms with van der Waals surface area (Å²) in [7, 11) is 0. The van der Waals surface area contributed by atoms with Crippen LogP contribution in [0.1, 0.15) is 46.1 Å². The largest absolute Gasteiger partial charge is 0.393 e. The number of amides is 1. The molecule has 0 radical (unpaired) electrons. The molecule has 6 nitrogen and oxygen atoms in total. The fraction of sp³-hybridized carbons (Fsp3) is 0.562. The molecule has 2 aromatic rings. The van der Waals surface area contributed by atoms with Crippen LogP contribution in [0, 0.1) is 5.41 Å². The first-order valence-electron chi connectivity index (χ1n) is 7.75. The highest BCUT2D eigenvalue weighted by Gasteiger charge is 2.33. The minimum atomic E-state index is -0.310. The molecule has 7 heteroatoms. The molecule has 1 aliphatic carbocycles. The molecular formula is C16H21ClN4O2. The third kappa shape index (κ3) is 3.48. The number of halogens is 1. The normalized spacial score (nSPS) is 21.3. The van der Waals surface area contributed by atoms with Crippen LogP contribution in [0.25, 0.3) is 11.2 Å². The predicted molar refractivity (Wildman–Crippen MR) is 89.5 cm³/mol. The summed E-state index contributed by atoms with van der Waals surface area (Å²) in [5.41, 5.74) is 1.22. The van der Waals surface area contributed by atoms with Crippen LogP contribution in [-0.2, 0) is 4.79 Å². The molecule has 2 heterocycles. The zero-order chi connectivity index (χ0) is 16.8. The summed E-state index contributed by atoms with van der Waals surface area (Å²) in [6.07, 6.45) is 1.34. The Morgan fingerprint density at radius 3 is 2.70 bits per heavy atom. The highest BCUT2D eigenvalue weighted by atomic mass is 35.5. The van der Waals surface area contributed by atoms with Gasteiger partial charge in [0.1, 0.15) is 10.7 Å². The summed E-state index contributed by atoms with van der Waals surface area (Å²) in [5, 5.41) is 12.9. The van der Waals surface area contributed by atoms with Gasteiger partial charge in [0, 0.05) is 12.5 Å². The van der Waals surface area contributed by atoms with Crippen LogP contribution in [-0.4, -0.2) is 31.7 Å². The van der Waals surface area contributed by atoms with E-state index >= 15 is 0 Å². The van der Waals surface area contributed by atoms with Crippen molar-refractivity contribution in [3.63, 3.8) is 0 Å². The van der Waals surface area contributed by atoms with Crippen LogP contribution in [0.15, 0.2) is 12.1 Å². The molecule has 0 atom stereocenters. The fourth-order valence-electron chi connectivity index (χ4n) is 2.81. The number of hydrogen-bond acceptors (Lipinski definition) is 4. The summed E-state index contributed by atoms with van der Waals surface area (Å²) in [4.78, 5) is 21.1. The summed E-state index contributed by atoms with van der Waals surface area (Å²) in [6, 6.07) is 3.54. The van der Waals surface area contributed by atoms with Gasteiger partial charge in [-0.25, -0.2) is 9.97 Å². The number of nitrogens with zero attached hydrogens (tertiary/aromatic N) is 3. The van der Waals surface area contributed by atoms with E-state index in [9.17, 15) is 9.90 Å². The van der Waals surface area contributed by atoms with E-state index in [2.05, 4.69) is 15.3 Å². The zero-order valence-corrected chi connectivity index (χ0v) is 14.3. The topological polar surface area (TPSA) is 80.0 Å². The highest BCUT2D eigenvalue weighted by molar-refractivity contribution is 6.29. The molecule has 23 heavy (non-hydrogen) atoms. The van der Waals surface area contributed by atoms with Gasteiger partial charge in [0.2, 0.25) is 11.9 Å². The molecule has 0 saturated heterocycles. The van der Waals surface area contributed by atoms with Gasteiger partial charge in [-0.15, -0.1) is 0 Å². The van der Waals surface area contributed by atoms with E-state index in [1.54, 1.807) is 12.1 Å². The lowest BCUT2D eigenvalue weighted by Crippen LogP contribution is -2.32. The standard InChI is InChI=1S/C16H21ClN4O2/c1-16(2,3)8-13(23)20-15-18-11-4-5-12(17)19-14(11)21(15)9-6-10(22)7-9/h4-5,9-10,22H,6-8H2,1-3H3,(H,18,20,23)/t9-,10-. The Labute approximate surface area is 139 Å². The van der Waals surface area contributed by atoms with E-state index in [1.807, 2.05) is 25.3 Å². The van der Waals surface area contributed by atoms with E-state index in [0.717, 1.165) is 0 Å². The number of anilines is 1. The van der Waals surface area contributed by atoms with Gasteiger partial charge >= 0.3 is 0 Å². The predicted octanol–water partition coefficient (Wildman–Crippen LogP) is 3.16. The van der Waals surface area contributed by atoms with Gasteiger partial charge in [0.15, 0.2) is 5.65 Å². The van der Waals surface area contributed by atoms with Crippen molar-refractivity contribution in [2.24, 2.45) is 5.41 Å². The molecule has 0 aliphatic heterocycles. The number of imidazole rings is 1. The van der Waals surface area contributed by atoms with E-state index in [0.29, 0.717) is 41.5 Å². The number of aromatic nitrogens is 3. The van der Waals surface area contributed by atoms with Crippen molar-refractivity contribution in [3.8, 4) is 0 Å². The minimum Gasteiger partial charge on any atom is -0.393 e. The molecule has 124 valence electrons. The van der Waals surface area contributed by atoms with Crippen molar-refractivity contribution in [1.82, 2.24) is 14.5 Å². The number of carbonyl (C=O) groups is 1. The van der Waals surface area contributed by atoms with E-state index < -0.39 is 0 Å². The lowest BCUT2D eigenvalue weighted by atomic mass is 9.89. The Morgan fingerprint density at radius 1 is 1.39 bits per heavy atom. The van der Waals surface area contributed by atoms with Crippen LogP contribution in [0.4, 0.5) is 5.95 Å². The van der Waals surface area contributed by atoms with Crippen LogP contribution in [0.5, 0.6) is 0 Å². The molecule has 1 aliphatic rings. The van der Waals surface area contributed by atoms with Crippen LogP contribution >= 0.6 is 11.6 Å². The molecule has 3 rings (SSSR count). The van der Waals surface area contributed by atoms with Crippen LogP contribution in [0.3, 0.4) is 0 Å². The Kier molecular flexibility index (Phi) is 4.06. The Bertz CT molecular complexity index is 744. The Balaban J connectivity index is 1.95. The number of rotatable bonds is 3. The molecule has 0 aromatic carbocycles. The molecule has 1 fully saturated rings. The van der Waals surface area contributed by atoms with Gasteiger partial charge in [-0.1, -0.05) is 32.4 Å². The summed E-state index contributed by atoms with van der Waals surface area (Å²) in [5.74, 6) is 0.390. The monoisotopic (exact) mass is 336 g/mol. The number of pyridine rings is 1. The Hall–Kier alpha value is -1.66. The summed E-state index contributed by atoms with van der Waals surface area (Å²) in [6.45, 7) is 6.04. The first-order chi connectivity index (χ1) is 10.7. The molecule has 1 saturated carbocycles. The number of hydrogen-bond donors (Lipinski definition) is 2. The number of nitrogens with one attached hydrogen (secondary N) is 1. The highest BCUT2D eigenvalue weighted by Crippen LogP contribution is 2.37. The molecule has 2 aromatic heterocycles. The average molecular weight is 337 g/mol. The fourth-order valence-corrected chi connectivity index (χ4v) is 2.95. The lowest BCUT2D eigenvalue weighted by molar-refractivity contribution is -0.117. The first kappa shape index (κ1) is 16.2. The van der Waals surface area contributed by atoms with Crippen molar-refractivity contribution in [2.45, 2.75) is 52.2 Å². The zero-order valence-electron chi connectivity index (χ0n) is 13.5. The van der Waals surface area contributed by atoms with Gasteiger partial charge < -0.3 is 5.11 Å². The second-order valence-electron chi connectivity index (χ2n) is 7.35. The molecule has 2 N–H and O–H groups in total. The van der Waals surface area contributed by atoms with Crippen LogP contribution < -0.4 is 5.32 Å². The third-order valence-corrected chi connectivity index (χ3v) is 4.11. The number of fused-ring (bicyclic) bond motifs is 1. The van der Waals surface area contributed by atoms with Crippen molar-refractivity contribution >= 4 is 34.6 Å². The van der Waals surface area contributed by atoms with Gasteiger partial charge in [-0.05, 0) is 30.4 Å². The second-order valence-corrected chi connectivity index (χ2v) is 7.73. The molecular weight excluding hydrogens is 316 g/mol. The molecule has 0 spiro atoms. The SMILES string of the molecule is CC(C)(C)CC(=O)Nc1nc2ccc(Cl)nc2n1[C@H]1C[C@H](O)C1. The van der Waals surface area contributed by atoms with E-state index in [4.69, 9.17) is 11.6 Å². The molecule has 0 bridgehead atoms. The van der Waals surface area contributed by atoms with Crippen molar-refractivity contribution < 1.29 is 9.90 Å².